The molecule has 5 atom stereocenters. The Balaban J connectivity index is 1.71. The Hall–Kier alpha value is -1.71. The summed E-state index contributed by atoms with van der Waals surface area (Å²) in [6.45, 7) is 3.39. The van der Waals surface area contributed by atoms with E-state index in [1.54, 1.807) is 13.8 Å². The Labute approximate surface area is 191 Å². The molecule has 1 fully saturated rings. The van der Waals surface area contributed by atoms with Gasteiger partial charge in [-0.1, -0.05) is 41.9 Å². The van der Waals surface area contributed by atoms with Gasteiger partial charge in [0.15, 0.2) is 0 Å². The number of rotatable bonds is 5. The molecule has 0 bridgehead atoms. The number of benzene rings is 2. The molecule has 8 heteroatoms. The van der Waals surface area contributed by atoms with E-state index in [2.05, 4.69) is 0 Å². The van der Waals surface area contributed by atoms with Gasteiger partial charge in [-0.05, 0) is 42.5 Å². The van der Waals surface area contributed by atoms with Crippen LogP contribution in [0.15, 0.2) is 30.3 Å². The van der Waals surface area contributed by atoms with E-state index in [-0.39, 0.29) is 0 Å². The predicted molar refractivity (Wildman–Crippen MR) is 118 cm³/mol. The van der Waals surface area contributed by atoms with E-state index in [1.165, 1.54) is 0 Å². The van der Waals surface area contributed by atoms with Crippen LogP contribution in [0.4, 0.5) is 0 Å². The zero-order chi connectivity index (χ0) is 23.2. The molecule has 32 heavy (non-hydrogen) atoms. The number of halogens is 1. The summed E-state index contributed by atoms with van der Waals surface area (Å²) in [5.74, 6) is 0.532. The maximum absolute atomic E-state index is 10.6. The van der Waals surface area contributed by atoms with Crippen LogP contribution < -0.4 is 4.74 Å². The molecule has 1 saturated heterocycles. The van der Waals surface area contributed by atoms with Crippen molar-refractivity contribution in [2.45, 2.75) is 62.8 Å². The smallest absolute Gasteiger partial charge is 0.141 e. The molecule has 2 aliphatic heterocycles. The number of hydrogen-bond donors (Lipinski definition) is 5. The van der Waals surface area contributed by atoms with Gasteiger partial charge in [0.25, 0.3) is 0 Å². The van der Waals surface area contributed by atoms with Crippen LogP contribution in [0.2, 0.25) is 5.02 Å². The summed E-state index contributed by atoms with van der Waals surface area (Å²) in [7, 11) is 0. The van der Waals surface area contributed by atoms with Crippen LogP contribution in [0.5, 0.6) is 5.75 Å². The van der Waals surface area contributed by atoms with Crippen molar-refractivity contribution in [3.05, 3.63) is 63.2 Å². The van der Waals surface area contributed by atoms with Crippen molar-refractivity contribution >= 4 is 11.6 Å². The zero-order valence-electron chi connectivity index (χ0n) is 18.0. The molecule has 4 rings (SSSR count). The molecule has 0 radical (unpaired) electrons. The monoisotopic (exact) mass is 464 g/mol. The summed E-state index contributed by atoms with van der Waals surface area (Å²) in [5, 5.41) is 51.3. The van der Waals surface area contributed by atoms with Gasteiger partial charge in [0.05, 0.1) is 23.8 Å². The molecule has 0 amide bonds. The van der Waals surface area contributed by atoms with Crippen LogP contribution in [0, 0.1) is 0 Å². The van der Waals surface area contributed by atoms with Crippen molar-refractivity contribution in [2.24, 2.45) is 0 Å². The number of aliphatic hydroxyl groups is 5. The summed E-state index contributed by atoms with van der Waals surface area (Å²) < 4.78 is 11.6. The molecule has 5 N–H and O–H groups in total. The topological polar surface area (TPSA) is 120 Å². The molecule has 7 nitrogen and oxygen atoms in total. The van der Waals surface area contributed by atoms with Gasteiger partial charge in [-0.3, -0.25) is 0 Å². The summed E-state index contributed by atoms with van der Waals surface area (Å²) in [5.41, 5.74) is 3.01. The lowest BCUT2D eigenvalue weighted by Crippen LogP contribution is -2.55. The van der Waals surface area contributed by atoms with Gasteiger partial charge in [0.1, 0.15) is 36.3 Å². The summed E-state index contributed by atoms with van der Waals surface area (Å²) >= 11 is 6.67. The fourth-order valence-corrected chi connectivity index (χ4v) is 4.69. The van der Waals surface area contributed by atoms with Gasteiger partial charge < -0.3 is 35.0 Å². The second-order valence-electron chi connectivity index (χ2n) is 9.03. The van der Waals surface area contributed by atoms with Gasteiger partial charge in [-0.15, -0.1) is 0 Å². The zero-order valence-corrected chi connectivity index (χ0v) is 18.8. The largest absolute Gasteiger partial charge is 0.491 e. The van der Waals surface area contributed by atoms with Crippen LogP contribution in [-0.4, -0.2) is 63.2 Å². The summed E-state index contributed by atoms with van der Waals surface area (Å²) in [6, 6.07) is 9.42. The quantitative estimate of drug-likeness (QED) is 0.456. The molecule has 0 aliphatic carbocycles. The fourth-order valence-electron chi connectivity index (χ4n) is 4.40. The minimum absolute atomic E-state index is 0.434. The first-order valence-electron chi connectivity index (χ1n) is 10.7. The minimum atomic E-state index is -1.46. The number of aliphatic hydroxyl groups excluding tert-OH is 4. The highest BCUT2D eigenvalue weighted by Gasteiger charge is 2.45. The Morgan fingerprint density at radius 1 is 1.06 bits per heavy atom. The Kier molecular flexibility index (Phi) is 6.53. The highest BCUT2D eigenvalue weighted by molar-refractivity contribution is 6.33. The second kappa shape index (κ2) is 8.91. The van der Waals surface area contributed by atoms with Crippen molar-refractivity contribution in [1.82, 2.24) is 0 Å². The lowest BCUT2D eigenvalue weighted by atomic mass is 9.87. The Morgan fingerprint density at radius 2 is 1.75 bits per heavy atom. The van der Waals surface area contributed by atoms with Crippen LogP contribution >= 0.6 is 11.6 Å². The first-order chi connectivity index (χ1) is 15.1. The third-order valence-corrected chi connectivity index (χ3v) is 6.70. The molecule has 0 aromatic heterocycles. The molecule has 174 valence electrons. The molecule has 5 unspecified atom stereocenters. The Morgan fingerprint density at radius 3 is 2.38 bits per heavy atom. The lowest BCUT2D eigenvalue weighted by molar-refractivity contribution is -0.231. The first-order valence-corrected chi connectivity index (χ1v) is 11.1. The third-order valence-electron chi connectivity index (χ3n) is 6.29. The Bertz CT molecular complexity index is 968. The standard InChI is InChI=1S/C24H29ClO7/c1-24(2,30)14-5-3-12(4-6-14)9-13-10-16(15-7-8-31-22(15)18(13)25)23-21(29)20(28)19(27)17(11-26)32-23/h3-6,10,17,19-21,23,26-30H,7-9,11H2,1-2H3. The molecule has 2 heterocycles. The van der Waals surface area contributed by atoms with Gasteiger partial charge in [0, 0.05) is 12.0 Å². The maximum atomic E-state index is 10.6. The molecule has 0 saturated carbocycles. The SMILES string of the molecule is CC(C)(O)c1ccc(Cc2cc(C3OC(CO)C(O)C(O)C3O)c3c(c2Cl)OCC3)cc1. The normalized spacial score (nSPS) is 27.8. The van der Waals surface area contributed by atoms with Gasteiger partial charge >= 0.3 is 0 Å². The van der Waals surface area contributed by atoms with Crippen LogP contribution in [0.25, 0.3) is 0 Å². The molecular weight excluding hydrogens is 436 g/mol. The average Bonchev–Trinajstić information content (AvgIpc) is 3.25. The third kappa shape index (κ3) is 4.26. The van der Waals surface area contributed by atoms with Gasteiger partial charge in [-0.2, -0.15) is 0 Å². The van der Waals surface area contributed by atoms with Crippen molar-refractivity contribution in [2.75, 3.05) is 13.2 Å². The minimum Gasteiger partial charge on any atom is -0.491 e. The lowest BCUT2D eigenvalue weighted by Gasteiger charge is -2.40. The molecule has 2 aliphatic rings. The van der Waals surface area contributed by atoms with E-state index < -0.39 is 42.7 Å². The maximum Gasteiger partial charge on any atom is 0.141 e. The van der Waals surface area contributed by atoms with Gasteiger partial charge in [-0.25, -0.2) is 0 Å². The summed E-state index contributed by atoms with van der Waals surface area (Å²) in [4.78, 5) is 0. The van der Waals surface area contributed by atoms with E-state index in [0.717, 1.165) is 22.3 Å². The molecular formula is C24H29ClO7. The number of fused-ring (bicyclic) bond motifs is 1. The van der Waals surface area contributed by atoms with Crippen molar-refractivity contribution in [3.8, 4) is 5.75 Å². The number of hydrogen-bond acceptors (Lipinski definition) is 7. The van der Waals surface area contributed by atoms with Crippen molar-refractivity contribution in [3.63, 3.8) is 0 Å². The van der Waals surface area contributed by atoms with E-state index in [1.807, 2.05) is 30.3 Å². The van der Waals surface area contributed by atoms with Crippen LogP contribution in [0.3, 0.4) is 0 Å². The highest BCUT2D eigenvalue weighted by Crippen LogP contribution is 2.44. The predicted octanol–water partition coefficient (Wildman–Crippen LogP) is 1.61. The molecule has 2 aromatic carbocycles. The van der Waals surface area contributed by atoms with Crippen molar-refractivity contribution < 1.29 is 35.0 Å². The van der Waals surface area contributed by atoms with Crippen molar-refractivity contribution in [1.29, 1.82) is 0 Å². The van der Waals surface area contributed by atoms with E-state index in [0.29, 0.717) is 35.8 Å². The van der Waals surface area contributed by atoms with Crippen LogP contribution in [0.1, 0.15) is 47.8 Å². The molecule has 2 aromatic rings. The van der Waals surface area contributed by atoms with Gasteiger partial charge in [0.2, 0.25) is 0 Å². The first kappa shape index (κ1) is 23.4. The fraction of sp³-hybridized carbons (Fsp3) is 0.500. The second-order valence-corrected chi connectivity index (χ2v) is 9.41. The number of ether oxygens (including phenoxy) is 2. The van der Waals surface area contributed by atoms with Crippen LogP contribution in [-0.2, 0) is 23.2 Å². The van der Waals surface area contributed by atoms with E-state index in [9.17, 15) is 25.5 Å². The van der Waals surface area contributed by atoms with E-state index in [4.69, 9.17) is 21.1 Å². The summed E-state index contributed by atoms with van der Waals surface area (Å²) in [6.07, 6.45) is -5.16. The van der Waals surface area contributed by atoms with E-state index >= 15 is 0 Å². The highest BCUT2D eigenvalue weighted by atomic mass is 35.5. The average molecular weight is 465 g/mol. The molecule has 0 spiro atoms.